The second-order valence-electron chi connectivity index (χ2n) is 9.84. The molecule has 39 heavy (non-hydrogen) atoms. The molecule has 1 aliphatic heterocycles. The minimum Gasteiger partial charge on any atom is -0.381 e. The van der Waals surface area contributed by atoms with Crippen molar-refractivity contribution in [3.8, 4) is 11.4 Å². The number of benzene rings is 4. The Bertz CT molecular complexity index is 1600. The van der Waals surface area contributed by atoms with Gasteiger partial charge in [0.15, 0.2) is 0 Å². The van der Waals surface area contributed by atoms with Gasteiger partial charge in [0.05, 0.1) is 16.7 Å². The van der Waals surface area contributed by atoms with Crippen molar-refractivity contribution < 1.29 is 4.79 Å². The van der Waals surface area contributed by atoms with Gasteiger partial charge in [-0.05, 0) is 72.6 Å². The lowest BCUT2D eigenvalue weighted by atomic mass is 10.1. The summed E-state index contributed by atoms with van der Waals surface area (Å²) in [6, 6.07) is 32.2. The van der Waals surface area contributed by atoms with Crippen molar-refractivity contribution in [1.29, 1.82) is 0 Å². The molecule has 1 amide bonds. The minimum absolute atomic E-state index is 0.149. The summed E-state index contributed by atoms with van der Waals surface area (Å²) in [5.74, 6) is 1.39. The zero-order valence-electron chi connectivity index (χ0n) is 21.7. The van der Waals surface area contributed by atoms with Gasteiger partial charge in [0.25, 0.3) is 5.91 Å². The predicted molar refractivity (Wildman–Crippen MR) is 157 cm³/mol. The first-order valence-corrected chi connectivity index (χ1v) is 13.2. The van der Waals surface area contributed by atoms with Crippen molar-refractivity contribution in [3.05, 3.63) is 114 Å². The molecule has 1 aromatic heterocycles. The van der Waals surface area contributed by atoms with E-state index in [2.05, 4.69) is 38.1 Å². The van der Waals surface area contributed by atoms with Gasteiger partial charge in [-0.1, -0.05) is 42.5 Å². The predicted octanol–water partition coefficient (Wildman–Crippen LogP) is 5.97. The van der Waals surface area contributed by atoms with Crippen LogP contribution in [-0.2, 0) is 6.54 Å². The largest absolute Gasteiger partial charge is 0.381 e. The van der Waals surface area contributed by atoms with Crippen LogP contribution in [0.4, 0.5) is 11.4 Å². The Morgan fingerprint density at radius 3 is 2.44 bits per heavy atom. The number of imidazole rings is 1. The third-order valence-corrected chi connectivity index (χ3v) is 6.82. The van der Waals surface area contributed by atoms with Crippen molar-refractivity contribution in [2.75, 3.05) is 11.9 Å². The topological polar surface area (TPSA) is 104 Å². The monoisotopic (exact) mass is 514 g/mol. The Hall–Kier alpha value is -4.75. The number of aromatic amines is 1. The van der Waals surface area contributed by atoms with Crippen LogP contribution >= 0.6 is 0 Å². The number of rotatable bonds is 8. The first-order valence-electron chi connectivity index (χ1n) is 13.2. The van der Waals surface area contributed by atoms with E-state index in [1.807, 2.05) is 91.9 Å². The van der Waals surface area contributed by atoms with E-state index < -0.39 is 0 Å². The maximum Gasteiger partial charge on any atom is 0.256 e. The van der Waals surface area contributed by atoms with Gasteiger partial charge in [0, 0.05) is 42.4 Å². The number of H-pyrrole nitrogens is 1. The molecule has 0 saturated carbocycles. The van der Waals surface area contributed by atoms with Crippen molar-refractivity contribution in [1.82, 2.24) is 20.6 Å². The summed E-state index contributed by atoms with van der Waals surface area (Å²) < 4.78 is 0. The van der Waals surface area contributed by atoms with Crippen molar-refractivity contribution in [3.63, 3.8) is 0 Å². The van der Waals surface area contributed by atoms with E-state index in [0.717, 1.165) is 51.5 Å². The van der Waals surface area contributed by atoms with E-state index in [1.165, 1.54) is 0 Å². The molecule has 7 nitrogen and oxygen atoms in total. The first-order chi connectivity index (χ1) is 19.1. The molecule has 0 bridgehead atoms. The molecule has 7 heteroatoms. The highest BCUT2D eigenvalue weighted by Gasteiger charge is 2.23. The number of para-hydroxylation sites is 3. The molecule has 1 saturated heterocycles. The summed E-state index contributed by atoms with van der Waals surface area (Å²) in [6.07, 6.45) is 0.692. The van der Waals surface area contributed by atoms with E-state index in [-0.39, 0.29) is 5.91 Å². The maximum absolute atomic E-state index is 13.0. The molecule has 4 aromatic carbocycles. The number of carbonyl (C=O) groups is 1. The molecule has 6 rings (SSSR count). The molecule has 5 aromatic rings. The van der Waals surface area contributed by atoms with Crippen LogP contribution < -0.4 is 16.0 Å². The van der Waals surface area contributed by atoms with Gasteiger partial charge in [0.1, 0.15) is 11.7 Å². The Labute approximate surface area is 227 Å². The summed E-state index contributed by atoms with van der Waals surface area (Å²) in [6.45, 7) is 3.63. The van der Waals surface area contributed by atoms with Crippen LogP contribution in [0.15, 0.2) is 102 Å². The molecule has 194 valence electrons. The minimum atomic E-state index is -0.149. The van der Waals surface area contributed by atoms with E-state index in [9.17, 15) is 4.79 Å². The molecule has 2 heterocycles. The molecule has 1 unspecified atom stereocenters. The maximum atomic E-state index is 13.0. The summed E-state index contributed by atoms with van der Waals surface area (Å²) in [7, 11) is 0. The Kier molecular flexibility index (Phi) is 6.89. The molecule has 0 aliphatic carbocycles. The quantitative estimate of drug-likeness (QED) is 0.116. The van der Waals surface area contributed by atoms with Crippen LogP contribution in [0, 0.1) is 6.92 Å². The highest BCUT2D eigenvalue weighted by Crippen LogP contribution is 2.23. The van der Waals surface area contributed by atoms with Crippen molar-refractivity contribution in [2.45, 2.75) is 25.9 Å². The van der Waals surface area contributed by atoms with Gasteiger partial charge in [-0.3, -0.25) is 4.79 Å². The molecular formula is C32H30N6O. The van der Waals surface area contributed by atoms with Gasteiger partial charge >= 0.3 is 0 Å². The van der Waals surface area contributed by atoms with E-state index in [4.69, 9.17) is 4.99 Å². The van der Waals surface area contributed by atoms with E-state index in [1.54, 1.807) is 0 Å². The summed E-state index contributed by atoms with van der Waals surface area (Å²) in [5, 5.41) is 9.77. The second kappa shape index (κ2) is 10.9. The lowest BCUT2D eigenvalue weighted by molar-refractivity contribution is 0.0976. The zero-order chi connectivity index (χ0) is 26.6. The number of nitrogens with zero attached hydrogens (tertiary/aromatic N) is 2. The number of amides is 1. The van der Waals surface area contributed by atoms with Crippen LogP contribution in [-0.4, -0.2) is 34.3 Å². The lowest BCUT2D eigenvalue weighted by Crippen LogP contribution is -2.31. The summed E-state index contributed by atoms with van der Waals surface area (Å²) >= 11 is 0. The molecule has 1 atom stereocenters. The number of fused-ring (bicyclic) bond motifs is 1. The van der Waals surface area contributed by atoms with E-state index >= 15 is 0 Å². The Balaban J connectivity index is 1.07. The smallest absolute Gasteiger partial charge is 0.256 e. The molecule has 0 radical (unpaired) electrons. The molecule has 1 aliphatic rings. The highest BCUT2D eigenvalue weighted by molar-refractivity contribution is 6.07. The number of aliphatic imine (C=N–C) groups is 1. The van der Waals surface area contributed by atoms with Gasteiger partial charge in [-0.25, -0.2) is 9.98 Å². The Morgan fingerprint density at radius 1 is 0.949 bits per heavy atom. The zero-order valence-corrected chi connectivity index (χ0v) is 21.7. The average molecular weight is 515 g/mol. The highest BCUT2D eigenvalue weighted by atomic mass is 16.1. The van der Waals surface area contributed by atoms with Crippen LogP contribution in [0.1, 0.15) is 27.9 Å². The number of hydrogen-bond acceptors (Lipinski definition) is 5. The van der Waals surface area contributed by atoms with E-state index in [0.29, 0.717) is 30.4 Å². The molecule has 0 spiro atoms. The standard InChI is InChI=1S/C32H30N6O/c1-21-6-2-3-7-27(21)35-30(18-26-20-34-26)38-32(39)24-12-10-22(11-13-24)19-33-25-16-14-23(15-17-25)31-36-28-8-4-5-9-29(28)37-31/h2-17,26,33-34H,18-20H2,1H3,(H,36,37)(H,35,38,39). The van der Waals surface area contributed by atoms with Gasteiger partial charge in [-0.15, -0.1) is 0 Å². The van der Waals surface area contributed by atoms with Crippen LogP contribution in [0.2, 0.25) is 0 Å². The number of amidine groups is 1. The number of nitrogens with one attached hydrogen (secondary N) is 4. The third-order valence-electron chi connectivity index (χ3n) is 6.82. The Morgan fingerprint density at radius 2 is 1.69 bits per heavy atom. The van der Waals surface area contributed by atoms with Crippen molar-refractivity contribution in [2.24, 2.45) is 4.99 Å². The van der Waals surface area contributed by atoms with Gasteiger partial charge in [0.2, 0.25) is 0 Å². The molecule has 1 fully saturated rings. The normalized spacial score (nSPS) is 14.8. The number of aryl methyl sites for hydroxylation is 1. The molecule has 4 N–H and O–H groups in total. The van der Waals surface area contributed by atoms with Gasteiger partial charge in [-0.2, -0.15) is 0 Å². The molecular weight excluding hydrogens is 484 g/mol. The summed E-state index contributed by atoms with van der Waals surface area (Å²) in [5.41, 5.74) is 7.69. The van der Waals surface area contributed by atoms with Crippen LogP contribution in [0.3, 0.4) is 0 Å². The van der Waals surface area contributed by atoms with Crippen LogP contribution in [0.25, 0.3) is 22.4 Å². The third kappa shape index (κ3) is 6.05. The van der Waals surface area contributed by atoms with Gasteiger partial charge < -0.3 is 20.9 Å². The number of anilines is 1. The van der Waals surface area contributed by atoms with Crippen LogP contribution in [0.5, 0.6) is 0 Å². The number of hydrogen-bond donors (Lipinski definition) is 4. The second-order valence-corrected chi connectivity index (χ2v) is 9.84. The number of carbonyl (C=O) groups excluding carboxylic acids is 1. The van der Waals surface area contributed by atoms with Crippen molar-refractivity contribution >= 4 is 34.2 Å². The summed E-state index contributed by atoms with van der Waals surface area (Å²) in [4.78, 5) is 25.8. The number of aromatic nitrogens is 2. The average Bonchev–Trinajstić information content (AvgIpc) is 3.67. The fraction of sp³-hybridized carbons (Fsp3) is 0.156. The first kappa shape index (κ1) is 24.6. The fourth-order valence-corrected chi connectivity index (χ4v) is 4.44. The lowest BCUT2D eigenvalue weighted by Gasteiger charge is -2.11. The SMILES string of the molecule is Cc1ccccc1N=C(CC1CN1)NC(=O)c1ccc(CNc2ccc(-c3nc4ccccc4[nH]3)cc2)cc1. The fourth-order valence-electron chi connectivity index (χ4n) is 4.44.